The Morgan fingerprint density at radius 3 is 2.85 bits per heavy atom. The lowest BCUT2D eigenvalue weighted by Crippen LogP contribution is -2.13. The van der Waals surface area contributed by atoms with Crippen LogP contribution in [0.25, 0.3) is 10.9 Å². The van der Waals surface area contributed by atoms with Crippen molar-refractivity contribution in [3.05, 3.63) is 36.0 Å². The summed E-state index contributed by atoms with van der Waals surface area (Å²) < 4.78 is 2.27. The summed E-state index contributed by atoms with van der Waals surface area (Å²) in [5, 5.41) is 4.76. The highest BCUT2D eigenvalue weighted by atomic mass is 14.9. The fraction of sp³-hybridized carbons (Fsp3) is 0.444. The lowest BCUT2D eigenvalue weighted by atomic mass is 10.1. The van der Waals surface area contributed by atoms with Gasteiger partial charge in [-0.1, -0.05) is 31.0 Å². The van der Waals surface area contributed by atoms with Crippen molar-refractivity contribution >= 4 is 10.9 Å². The molecule has 2 rings (SSSR count). The zero-order chi connectivity index (χ0) is 14.2. The fourth-order valence-corrected chi connectivity index (χ4v) is 2.56. The van der Waals surface area contributed by atoms with E-state index in [0.717, 1.165) is 26.1 Å². The van der Waals surface area contributed by atoms with Gasteiger partial charge in [0.15, 0.2) is 0 Å². The number of rotatable bonds is 7. The second kappa shape index (κ2) is 7.77. The van der Waals surface area contributed by atoms with Crippen molar-refractivity contribution < 1.29 is 0 Å². The van der Waals surface area contributed by atoms with Crippen LogP contribution in [-0.4, -0.2) is 17.7 Å². The largest absolute Gasteiger partial charge is 0.336 e. The number of nitrogens with one attached hydrogen (secondary N) is 1. The molecule has 1 N–H and O–H groups in total. The van der Waals surface area contributed by atoms with Crippen molar-refractivity contribution in [1.82, 2.24) is 9.88 Å². The predicted molar refractivity (Wildman–Crippen MR) is 86.9 cm³/mol. The molecule has 0 saturated carbocycles. The molecule has 0 bridgehead atoms. The third-order valence-corrected chi connectivity index (χ3v) is 3.60. The number of benzene rings is 1. The average Bonchev–Trinajstić information content (AvgIpc) is 2.83. The smallest absolute Gasteiger partial charge is 0.0837 e. The first-order valence-corrected chi connectivity index (χ1v) is 7.54. The van der Waals surface area contributed by atoms with Crippen LogP contribution in [0.3, 0.4) is 0 Å². The van der Waals surface area contributed by atoms with Crippen LogP contribution in [0.2, 0.25) is 0 Å². The van der Waals surface area contributed by atoms with Gasteiger partial charge in [-0.3, -0.25) is 0 Å². The van der Waals surface area contributed by atoms with Crippen molar-refractivity contribution in [3.8, 4) is 11.8 Å². The van der Waals surface area contributed by atoms with Crippen LogP contribution in [0.4, 0.5) is 0 Å². The predicted octanol–water partition coefficient (Wildman–Crippen LogP) is 3.60. The van der Waals surface area contributed by atoms with Crippen LogP contribution >= 0.6 is 0 Å². The number of hydrogen-bond donors (Lipinski definition) is 1. The number of aromatic nitrogens is 1. The standard InChI is InChI=1S/C18H24N2/c1-3-5-14-20-15-16(10-8-9-13-19-4-2)17-11-6-7-12-18(17)20/h6-7,11-12,15,19H,4,8-10,13-14H2,1-2H3. The molecular formula is C18H24N2. The van der Waals surface area contributed by atoms with E-state index in [1.54, 1.807) is 0 Å². The Bertz CT molecular complexity index is 599. The highest BCUT2D eigenvalue weighted by molar-refractivity contribution is 5.84. The Morgan fingerprint density at radius 2 is 2.05 bits per heavy atom. The van der Waals surface area contributed by atoms with Gasteiger partial charge in [0.2, 0.25) is 0 Å². The lowest BCUT2D eigenvalue weighted by molar-refractivity contribution is 0.641. The van der Waals surface area contributed by atoms with Gasteiger partial charge in [-0.15, -0.1) is 5.92 Å². The van der Waals surface area contributed by atoms with Gasteiger partial charge in [-0.25, -0.2) is 0 Å². The number of para-hydroxylation sites is 1. The minimum atomic E-state index is 0.786. The highest BCUT2D eigenvalue weighted by Gasteiger charge is 2.06. The Balaban J connectivity index is 2.09. The van der Waals surface area contributed by atoms with E-state index in [9.17, 15) is 0 Å². The van der Waals surface area contributed by atoms with E-state index in [0.29, 0.717) is 0 Å². The Labute approximate surface area is 122 Å². The molecule has 0 aliphatic heterocycles. The molecule has 1 aromatic carbocycles. The zero-order valence-corrected chi connectivity index (χ0v) is 12.6. The normalized spacial score (nSPS) is 10.5. The Hall–Kier alpha value is -1.72. The molecule has 0 aliphatic carbocycles. The van der Waals surface area contributed by atoms with Gasteiger partial charge in [0.05, 0.1) is 6.54 Å². The quantitative estimate of drug-likeness (QED) is 0.600. The molecule has 0 unspecified atom stereocenters. The second-order valence-electron chi connectivity index (χ2n) is 5.04. The van der Waals surface area contributed by atoms with Gasteiger partial charge in [0.1, 0.15) is 0 Å². The molecule has 0 aliphatic rings. The number of unbranched alkanes of at least 4 members (excludes halogenated alkanes) is 1. The van der Waals surface area contributed by atoms with E-state index in [1.165, 1.54) is 29.3 Å². The van der Waals surface area contributed by atoms with Crippen molar-refractivity contribution in [2.45, 2.75) is 39.7 Å². The molecule has 0 amide bonds. The van der Waals surface area contributed by atoms with Crippen LogP contribution in [0, 0.1) is 11.8 Å². The molecule has 106 valence electrons. The van der Waals surface area contributed by atoms with Crippen LogP contribution in [0.5, 0.6) is 0 Å². The molecule has 0 atom stereocenters. The molecule has 0 fully saturated rings. The Morgan fingerprint density at radius 1 is 1.20 bits per heavy atom. The molecule has 0 radical (unpaired) electrons. The maximum absolute atomic E-state index is 3.38. The van der Waals surface area contributed by atoms with E-state index >= 15 is 0 Å². The van der Waals surface area contributed by atoms with Crippen LogP contribution in [-0.2, 0) is 13.0 Å². The SMILES string of the molecule is CC#CCn1cc(CCCCNCC)c2ccccc21. The molecule has 1 aromatic heterocycles. The van der Waals surface area contributed by atoms with Crippen molar-refractivity contribution in [3.63, 3.8) is 0 Å². The minimum Gasteiger partial charge on any atom is -0.336 e. The first kappa shape index (κ1) is 14.7. The van der Waals surface area contributed by atoms with Crippen molar-refractivity contribution in [2.75, 3.05) is 13.1 Å². The minimum absolute atomic E-state index is 0.786. The van der Waals surface area contributed by atoms with Crippen LogP contribution in [0.1, 0.15) is 32.3 Å². The van der Waals surface area contributed by atoms with Crippen molar-refractivity contribution in [2.24, 2.45) is 0 Å². The number of fused-ring (bicyclic) bond motifs is 1. The van der Waals surface area contributed by atoms with E-state index in [4.69, 9.17) is 0 Å². The first-order valence-electron chi connectivity index (χ1n) is 7.54. The number of aryl methyl sites for hydroxylation is 1. The molecular weight excluding hydrogens is 244 g/mol. The first-order chi connectivity index (χ1) is 9.86. The van der Waals surface area contributed by atoms with Gasteiger partial charge >= 0.3 is 0 Å². The van der Waals surface area contributed by atoms with Gasteiger partial charge in [-0.05, 0) is 50.9 Å². The zero-order valence-electron chi connectivity index (χ0n) is 12.6. The van der Waals surface area contributed by atoms with Gasteiger partial charge in [0, 0.05) is 17.1 Å². The van der Waals surface area contributed by atoms with E-state index in [-0.39, 0.29) is 0 Å². The second-order valence-corrected chi connectivity index (χ2v) is 5.04. The third kappa shape index (κ3) is 3.65. The molecule has 20 heavy (non-hydrogen) atoms. The summed E-state index contributed by atoms with van der Waals surface area (Å²) in [7, 11) is 0. The van der Waals surface area contributed by atoms with Gasteiger partial charge in [-0.2, -0.15) is 0 Å². The van der Waals surface area contributed by atoms with E-state index in [1.807, 2.05) is 6.92 Å². The van der Waals surface area contributed by atoms with Crippen LogP contribution in [0.15, 0.2) is 30.5 Å². The summed E-state index contributed by atoms with van der Waals surface area (Å²) in [5.74, 6) is 6.13. The van der Waals surface area contributed by atoms with E-state index in [2.05, 4.69) is 59.1 Å². The van der Waals surface area contributed by atoms with E-state index < -0.39 is 0 Å². The average molecular weight is 268 g/mol. The van der Waals surface area contributed by atoms with Gasteiger partial charge in [0.25, 0.3) is 0 Å². The highest BCUT2D eigenvalue weighted by Crippen LogP contribution is 2.22. The van der Waals surface area contributed by atoms with Crippen LogP contribution < -0.4 is 5.32 Å². The summed E-state index contributed by atoms with van der Waals surface area (Å²) in [6.45, 7) is 7.02. The number of hydrogen-bond acceptors (Lipinski definition) is 1. The number of nitrogens with zero attached hydrogens (tertiary/aromatic N) is 1. The third-order valence-electron chi connectivity index (χ3n) is 3.60. The van der Waals surface area contributed by atoms with Gasteiger partial charge < -0.3 is 9.88 Å². The van der Waals surface area contributed by atoms with Crippen molar-refractivity contribution in [1.29, 1.82) is 0 Å². The molecule has 2 aromatic rings. The summed E-state index contributed by atoms with van der Waals surface area (Å²) in [6.07, 6.45) is 5.91. The fourth-order valence-electron chi connectivity index (χ4n) is 2.56. The topological polar surface area (TPSA) is 17.0 Å². The molecule has 0 saturated heterocycles. The monoisotopic (exact) mass is 268 g/mol. The molecule has 2 heteroatoms. The lowest BCUT2D eigenvalue weighted by Gasteiger charge is -2.01. The summed E-state index contributed by atoms with van der Waals surface area (Å²) in [6, 6.07) is 8.65. The summed E-state index contributed by atoms with van der Waals surface area (Å²) in [4.78, 5) is 0. The molecule has 2 nitrogen and oxygen atoms in total. The summed E-state index contributed by atoms with van der Waals surface area (Å²) in [5.41, 5.74) is 2.76. The summed E-state index contributed by atoms with van der Waals surface area (Å²) >= 11 is 0. The maximum atomic E-state index is 3.38. The maximum Gasteiger partial charge on any atom is 0.0837 e. The molecule has 0 spiro atoms. The molecule has 1 heterocycles. The Kier molecular flexibility index (Phi) is 5.70.